The maximum absolute atomic E-state index is 12.6. The SMILES string of the molecule is CNCCC(Oc1ccc(C(F)(F)F)cc1)C1C=CC(=O)CC1. The van der Waals surface area contributed by atoms with Gasteiger partial charge in [0.05, 0.1) is 5.56 Å². The summed E-state index contributed by atoms with van der Waals surface area (Å²) >= 11 is 0. The molecule has 0 saturated carbocycles. The third kappa shape index (κ3) is 5.10. The number of halogens is 3. The Morgan fingerprint density at radius 2 is 2.00 bits per heavy atom. The van der Waals surface area contributed by atoms with Crippen molar-refractivity contribution in [3.63, 3.8) is 0 Å². The molecule has 1 aliphatic rings. The Labute approximate surface area is 133 Å². The Bertz CT molecular complexity index is 552. The van der Waals surface area contributed by atoms with E-state index in [4.69, 9.17) is 4.74 Å². The summed E-state index contributed by atoms with van der Waals surface area (Å²) in [6, 6.07) is 4.72. The number of rotatable bonds is 6. The van der Waals surface area contributed by atoms with Crippen molar-refractivity contribution in [2.45, 2.75) is 31.5 Å². The fourth-order valence-corrected chi connectivity index (χ4v) is 2.57. The summed E-state index contributed by atoms with van der Waals surface area (Å²) in [6.07, 6.45) is 0.769. The predicted octanol–water partition coefficient (Wildman–Crippen LogP) is 3.60. The molecule has 0 aromatic heterocycles. The minimum atomic E-state index is -4.35. The van der Waals surface area contributed by atoms with Gasteiger partial charge >= 0.3 is 6.18 Å². The maximum atomic E-state index is 12.6. The molecule has 1 N–H and O–H groups in total. The van der Waals surface area contributed by atoms with E-state index in [9.17, 15) is 18.0 Å². The lowest BCUT2D eigenvalue weighted by atomic mass is 9.89. The summed E-state index contributed by atoms with van der Waals surface area (Å²) in [5, 5.41) is 3.04. The summed E-state index contributed by atoms with van der Waals surface area (Å²) in [5.41, 5.74) is -0.695. The fourth-order valence-electron chi connectivity index (χ4n) is 2.57. The van der Waals surface area contributed by atoms with Crippen LogP contribution in [0, 0.1) is 5.92 Å². The molecule has 0 heterocycles. The molecular weight excluding hydrogens is 307 g/mol. The third-order valence-electron chi connectivity index (χ3n) is 3.88. The largest absolute Gasteiger partial charge is 0.490 e. The molecule has 126 valence electrons. The standard InChI is InChI=1S/C17H20F3NO2/c1-21-11-10-16(12-2-6-14(22)7-3-12)23-15-8-4-13(5-9-15)17(18,19)20/h2,4-6,8-9,12,16,21H,3,7,10-11H2,1H3. The number of carbonyl (C=O) groups excluding carboxylic acids is 1. The zero-order chi connectivity index (χ0) is 16.9. The molecular formula is C17H20F3NO2. The van der Waals surface area contributed by atoms with Gasteiger partial charge in [0.2, 0.25) is 0 Å². The number of ketones is 1. The summed E-state index contributed by atoms with van der Waals surface area (Å²) < 4.78 is 43.6. The Hall–Kier alpha value is -1.82. The van der Waals surface area contributed by atoms with E-state index in [0.717, 1.165) is 18.7 Å². The number of ether oxygens (including phenoxy) is 1. The highest BCUT2D eigenvalue weighted by atomic mass is 19.4. The van der Waals surface area contributed by atoms with Crippen LogP contribution in [0.25, 0.3) is 0 Å². The molecule has 0 radical (unpaired) electrons. The van der Waals surface area contributed by atoms with E-state index < -0.39 is 11.7 Å². The third-order valence-corrected chi connectivity index (χ3v) is 3.88. The molecule has 0 amide bonds. The Morgan fingerprint density at radius 1 is 1.30 bits per heavy atom. The van der Waals surface area contributed by atoms with Crippen molar-refractivity contribution in [2.24, 2.45) is 5.92 Å². The molecule has 0 saturated heterocycles. The van der Waals surface area contributed by atoms with Crippen molar-refractivity contribution in [1.29, 1.82) is 0 Å². The summed E-state index contributed by atoms with van der Waals surface area (Å²) in [7, 11) is 1.83. The fraction of sp³-hybridized carbons (Fsp3) is 0.471. The van der Waals surface area contributed by atoms with Crippen molar-refractivity contribution in [2.75, 3.05) is 13.6 Å². The van der Waals surface area contributed by atoms with Crippen molar-refractivity contribution in [3.05, 3.63) is 42.0 Å². The molecule has 2 rings (SSSR count). The second-order valence-corrected chi connectivity index (χ2v) is 5.60. The van der Waals surface area contributed by atoms with Gasteiger partial charge in [-0.25, -0.2) is 0 Å². The zero-order valence-electron chi connectivity index (χ0n) is 12.9. The molecule has 1 aromatic rings. The first-order valence-corrected chi connectivity index (χ1v) is 7.59. The van der Waals surface area contributed by atoms with Gasteiger partial charge in [0, 0.05) is 12.3 Å². The van der Waals surface area contributed by atoms with Crippen LogP contribution >= 0.6 is 0 Å². The maximum Gasteiger partial charge on any atom is 0.416 e. The van der Waals surface area contributed by atoms with Gasteiger partial charge in [-0.05, 0) is 56.8 Å². The van der Waals surface area contributed by atoms with E-state index in [1.807, 2.05) is 13.1 Å². The lowest BCUT2D eigenvalue weighted by Crippen LogP contribution is -2.31. The molecule has 1 aliphatic carbocycles. The Morgan fingerprint density at radius 3 is 2.52 bits per heavy atom. The smallest absolute Gasteiger partial charge is 0.416 e. The first-order chi connectivity index (χ1) is 10.9. The summed E-state index contributed by atoms with van der Waals surface area (Å²) in [5.74, 6) is 0.593. The van der Waals surface area contributed by atoms with Gasteiger partial charge in [-0.1, -0.05) is 6.08 Å². The number of alkyl halides is 3. The summed E-state index contributed by atoms with van der Waals surface area (Å²) in [4.78, 5) is 11.3. The first-order valence-electron chi connectivity index (χ1n) is 7.59. The van der Waals surface area contributed by atoms with Crippen LogP contribution in [0.3, 0.4) is 0 Å². The van der Waals surface area contributed by atoms with E-state index in [0.29, 0.717) is 25.0 Å². The number of nitrogens with one attached hydrogen (secondary N) is 1. The van der Waals surface area contributed by atoms with E-state index in [1.54, 1.807) is 6.08 Å². The number of benzene rings is 1. The Balaban J connectivity index is 2.08. The number of hydrogen-bond donors (Lipinski definition) is 1. The van der Waals surface area contributed by atoms with Gasteiger partial charge in [0.1, 0.15) is 11.9 Å². The van der Waals surface area contributed by atoms with Crippen LogP contribution in [0.1, 0.15) is 24.8 Å². The number of allylic oxidation sites excluding steroid dienone is 1. The van der Waals surface area contributed by atoms with E-state index in [-0.39, 0.29) is 17.8 Å². The van der Waals surface area contributed by atoms with Gasteiger partial charge in [-0.2, -0.15) is 13.2 Å². The van der Waals surface area contributed by atoms with Crippen LogP contribution < -0.4 is 10.1 Å². The zero-order valence-corrected chi connectivity index (χ0v) is 12.9. The van der Waals surface area contributed by atoms with Gasteiger partial charge < -0.3 is 10.1 Å². The topological polar surface area (TPSA) is 38.3 Å². The molecule has 0 fully saturated rings. The molecule has 0 spiro atoms. The lowest BCUT2D eigenvalue weighted by Gasteiger charge is -2.27. The molecule has 2 unspecified atom stereocenters. The minimum Gasteiger partial charge on any atom is -0.490 e. The monoisotopic (exact) mass is 327 g/mol. The molecule has 6 heteroatoms. The van der Waals surface area contributed by atoms with Crippen molar-refractivity contribution in [1.82, 2.24) is 5.32 Å². The number of carbonyl (C=O) groups is 1. The molecule has 0 aliphatic heterocycles. The average Bonchev–Trinajstić information content (AvgIpc) is 2.52. The van der Waals surface area contributed by atoms with Crippen LogP contribution in [0.5, 0.6) is 5.75 Å². The van der Waals surface area contributed by atoms with Crippen LogP contribution in [0.4, 0.5) is 13.2 Å². The van der Waals surface area contributed by atoms with Gasteiger partial charge in [0.15, 0.2) is 5.78 Å². The average molecular weight is 327 g/mol. The van der Waals surface area contributed by atoms with Gasteiger partial charge in [0.25, 0.3) is 0 Å². The highest BCUT2D eigenvalue weighted by Crippen LogP contribution is 2.31. The first kappa shape index (κ1) is 17.5. The van der Waals surface area contributed by atoms with Crippen LogP contribution in [0.15, 0.2) is 36.4 Å². The number of hydrogen-bond acceptors (Lipinski definition) is 3. The van der Waals surface area contributed by atoms with Crippen LogP contribution in [-0.4, -0.2) is 25.5 Å². The van der Waals surface area contributed by atoms with E-state index in [2.05, 4.69) is 5.32 Å². The van der Waals surface area contributed by atoms with Gasteiger partial charge in [-0.3, -0.25) is 4.79 Å². The normalized spacial score (nSPS) is 19.7. The summed E-state index contributed by atoms with van der Waals surface area (Å²) in [6.45, 7) is 0.726. The second-order valence-electron chi connectivity index (χ2n) is 5.60. The lowest BCUT2D eigenvalue weighted by molar-refractivity contribution is -0.137. The molecule has 23 heavy (non-hydrogen) atoms. The van der Waals surface area contributed by atoms with Crippen LogP contribution in [0.2, 0.25) is 0 Å². The highest BCUT2D eigenvalue weighted by Gasteiger charge is 2.30. The van der Waals surface area contributed by atoms with Crippen molar-refractivity contribution >= 4 is 5.78 Å². The van der Waals surface area contributed by atoms with Crippen LogP contribution in [-0.2, 0) is 11.0 Å². The van der Waals surface area contributed by atoms with E-state index >= 15 is 0 Å². The molecule has 2 atom stereocenters. The molecule has 0 bridgehead atoms. The highest BCUT2D eigenvalue weighted by molar-refractivity contribution is 5.90. The van der Waals surface area contributed by atoms with E-state index in [1.165, 1.54) is 12.1 Å². The second kappa shape index (κ2) is 7.64. The van der Waals surface area contributed by atoms with Crippen molar-refractivity contribution < 1.29 is 22.7 Å². The minimum absolute atomic E-state index is 0.0864. The molecule has 3 nitrogen and oxygen atoms in total. The molecule has 1 aromatic carbocycles. The van der Waals surface area contributed by atoms with Crippen molar-refractivity contribution in [3.8, 4) is 5.75 Å². The Kier molecular flexibility index (Phi) is 5.82. The van der Waals surface area contributed by atoms with Gasteiger partial charge in [-0.15, -0.1) is 0 Å². The predicted molar refractivity (Wildman–Crippen MR) is 81.3 cm³/mol. The quantitative estimate of drug-likeness (QED) is 0.868.